The average molecular weight is 540 g/mol. The van der Waals surface area contributed by atoms with Gasteiger partial charge in [-0.2, -0.15) is 0 Å². The number of halogens is 1. The van der Waals surface area contributed by atoms with E-state index < -0.39 is 0 Å². The van der Waals surface area contributed by atoms with Gasteiger partial charge in [-0.05, 0) is 66.2 Å². The van der Waals surface area contributed by atoms with Crippen LogP contribution in [0.3, 0.4) is 0 Å². The molecule has 0 aliphatic rings. The smallest absolute Gasteiger partial charge is 0.261 e. The first-order chi connectivity index (χ1) is 16.3. The van der Waals surface area contributed by atoms with Gasteiger partial charge in [0.1, 0.15) is 5.75 Å². The lowest BCUT2D eigenvalue weighted by atomic mass is 10.1. The van der Waals surface area contributed by atoms with Crippen LogP contribution in [0.15, 0.2) is 77.3 Å². The molecule has 3 aromatic rings. The molecule has 0 spiro atoms. The van der Waals surface area contributed by atoms with Crippen molar-refractivity contribution in [1.82, 2.24) is 10.6 Å². The highest BCUT2D eigenvalue weighted by molar-refractivity contribution is 9.10. The third-order valence-electron chi connectivity index (χ3n) is 4.69. The molecule has 2 amide bonds. The highest BCUT2D eigenvalue weighted by atomic mass is 79.9. The second-order valence-corrected chi connectivity index (χ2v) is 9.32. The summed E-state index contributed by atoms with van der Waals surface area (Å²) < 4.78 is 6.53. The molecule has 3 aromatic carbocycles. The zero-order chi connectivity index (χ0) is 24.5. The molecule has 6 nitrogen and oxygen atoms in total. The zero-order valence-corrected chi connectivity index (χ0v) is 21.3. The standard InChI is InChI=1S/C26H26BrN3O3S/c1-17(2)16-33-23-13-10-20(27)14-22(23)25(32)30-26(34)29-21-11-8-19(9-12-21)24(31)28-15-18-6-4-3-5-7-18/h3-14,17H,15-16H2,1-2H3,(H,28,31)(H2,29,30,32,34). The Balaban J connectivity index is 1.56. The van der Waals surface area contributed by atoms with Gasteiger partial charge < -0.3 is 15.4 Å². The Morgan fingerprint density at radius 3 is 2.35 bits per heavy atom. The maximum Gasteiger partial charge on any atom is 0.261 e. The van der Waals surface area contributed by atoms with Crippen LogP contribution in [0.25, 0.3) is 0 Å². The summed E-state index contributed by atoms with van der Waals surface area (Å²) in [7, 11) is 0. The van der Waals surface area contributed by atoms with Crippen LogP contribution in [0, 0.1) is 5.92 Å². The Hall–Kier alpha value is -3.23. The van der Waals surface area contributed by atoms with Gasteiger partial charge in [0.05, 0.1) is 12.2 Å². The second-order valence-electron chi connectivity index (χ2n) is 8.00. The average Bonchev–Trinajstić information content (AvgIpc) is 2.82. The molecule has 0 fully saturated rings. The van der Waals surface area contributed by atoms with Crippen LogP contribution in [0.2, 0.25) is 0 Å². The molecule has 34 heavy (non-hydrogen) atoms. The van der Waals surface area contributed by atoms with E-state index >= 15 is 0 Å². The third-order valence-corrected chi connectivity index (χ3v) is 5.38. The Morgan fingerprint density at radius 1 is 0.971 bits per heavy atom. The summed E-state index contributed by atoms with van der Waals surface area (Å²) in [5, 5.41) is 8.67. The molecule has 0 heterocycles. The topological polar surface area (TPSA) is 79.5 Å². The predicted octanol–water partition coefficient (Wildman–Crippen LogP) is 5.54. The minimum absolute atomic E-state index is 0.140. The Kier molecular flexibility index (Phi) is 9.18. The highest BCUT2D eigenvalue weighted by Gasteiger charge is 2.15. The molecular formula is C26H26BrN3O3S. The largest absolute Gasteiger partial charge is 0.492 e. The van der Waals surface area contributed by atoms with Gasteiger partial charge in [-0.15, -0.1) is 0 Å². The molecule has 0 unspecified atom stereocenters. The van der Waals surface area contributed by atoms with Gasteiger partial charge in [0.25, 0.3) is 11.8 Å². The fraction of sp³-hybridized carbons (Fsp3) is 0.192. The SMILES string of the molecule is CC(C)COc1ccc(Br)cc1C(=O)NC(=S)Nc1ccc(C(=O)NCc2ccccc2)cc1. The van der Waals surface area contributed by atoms with Crippen LogP contribution in [-0.4, -0.2) is 23.5 Å². The molecular weight excluding hydrogens is 514 g/mol. The van der Waals surface area contributed by atoms with Crippen LogP contribution in [0.4, 0.5) is 5.69 Å². The van der Waals surface area contributed by atoms with Gasteiger partial charge in [-0.3, -0.25) is 14.9 Å². The van der Waals surface area contributed by atoms with Crippen LogP contribution < -0.4 is 20.7 Å². The van der Waals surface area contributed by atoms with E-state index in [1.165, 1.54) is 0 Å². The number of amides is 2. The van der Waals surface area contributed by atoms with E-state index in [-0.39, 0.29) is 16.9 Å². The number of ether oxygens (including phenoxy) is 1. The van der Waals surface area contributed by atoms with Crippen molar-refractivity contribution in [2.45, 2.75) is 20.4 Å². The summed E-state index contributed by atoms with van der Waals surface area (Å²) >= 11 is 8.69. The molecule has 8 heteroatoms. The summed E-state index contributed by atoms with van der Waals surface area (Å²) in [6.45, 7) is 5.02. The summed E-state index contributed by atoms with van der Waals surface area (Å²) in [6, 6.07) is 21.8. The van der Waals surface area contributed by atoms with E-state index in [0.717, 1.165) is 10.0 Å². The van der Waals surface area contributed by atoms with E-state index in [1.54, 1.807) is 36.4 Å². The molecule has 0 bridgehead atoms. The van der Waals surface area contributed by atoms with Crippen molar-refractivity contribution in [1.29, 1.82) is 0 Å². The van der Waals surface area contributed by atoms with Crippen molar-refractivity contribution >= 4 is 50.8 Å². The van der Waals surface area contributed by atoms with Crippen LogP contribution in [0.5, 0.6) is 5.75 Å². The Morgan fingerprint density at radius 2 is 1.68 bits per heavy atom. The first-order valence-corrected chi connectivity index (χ1v) is 12.0. The number of thiocarbonyl (C=S) groups is 1. The molecule has 0 radical (unpaired) electrons. The van der Waals surface area contributed by atoms with Crippen molar-refractivity contribution in [2.75, 3.05) is 11.9 Å². The Labute approximate surface area is 213 Å². The van der Waals surface area contributed by atoms with E-state index in [4.69, 9.17) is 17.0 Å². The van der Waals surface area contributed by atoms with Crippen LogP contribution >= 0.6 is 28.1 Å². The molecule has 0 aromatic heterocycles. The van der Waals surface area contributed by atoms with E-state index in [1.807, 2.05) is 50.2 Å². The van der Waals surface area contributed by atoms with Crippen LogP contribution in [0.1, 0.15) is 40.1 Å². The van der Waals surface area contributed by atoms with E-state index in [2.05, 4.69) is 31.9 Å². The van der Waals surface area contributed by atoms with Crippen molar-refractivity contribution in [3.8, 4) is 5.75 Å². The maximum absolute atomic E-state index is 12.8. The lowest BCUT2D eigenvalue weighted by molar-refractivity contribution is 0.0948. The molecule has 176 valence electrons. The first kappa shape index (κ1) is 25.4. The van der Waals surface area contributed by atoms with Crippen LogP contribution in [-0.2, 0) is 6.54 Å². The third kappa shape index (κ3) is 7.67. The number of carbonyl (C=O) groups excluding carboxylic acids is 2. The first-order valence-electron chi connectivity index (χ1n) is 10.8. The molecule has 3 N–H and O–H groups in total. The number of anilines is 1. The van der Waals surface area contributed by atoms with Gasteiger partial charge in [-0.1, -0.05) is 60.1 Å². The lowest BCUT2D eigenvalue weighted by Crippen LogP contribution is -2.34. The van der Waals surface area contributed by atoms with Gasteiger partial charge in [0.2, 0.25) is 0 Å². The van der Waals surface area contributed by atoms with Gasteiger partial charge in [0, 0.05) is 22.3 Å². The van der Waals surface area contributed by atoms with Gasteiger partial charge in [0.15, 0.2) is 5.11 Å². The molecule has 0 atom stereocenters. The fourth-order valence-electron chi connectivity index (χ4n) is 2.98. The number of benzene rings is 3. The minimum Gasteiger partial charge on any atom is -0.492 e. The van der Waals surface area contributed by atoms with Gasteiger partial charge >= 0.3 is 0 Å². The Bertz CT molecular complexity index is 1150. The van der Waals surface area contributed by atoms with E-state index in [0.29, 0.717) is 41.6 Å². The quantitative estimate of drug-likeness (QED) is 0.327. The van der Waals surface area contributed by atoms with E-state index in [9.17, 15) is 9.59 Å². The normalized spacial score (nSPS) is 10.5. The highest BCUT2D eigenvalue weighted by Crippen LogP contribution is 2.24. The summed E-state index contributed by atoms with van der Waals surface area (Å²) in [4.78, 5) is 25.2. The fourth-order valence-corrected chi connectivity index (χ4v) is 3.55. The molecule has 0 aliphatic heterocycles. The van der Waals surface area contributed by atoms with Crippen molar-refractivity contribution in [3.63, 3.8) is 0 Å². The number of rotatable bonds is 8. The van der Waals surface area contributed by atoms with Crippen molar-refractivity contribution in [2.24, 2.45) is 5.92 Å². The summed E-state index contributed by atoms with van der Waals surface area (Å²) in [5.41, 5.74) is 2.58. The number of hydrogen-bond donors (Lipinski definition) is 3. The monoisotopic (exact) mass is 539 g/mol. The summed E-state index contributed by atoms with van der Waals surface area (Å²) in [6.07, 6.45) is 0. The molecule has 0 saturated carbocycles. The molecule has 0 saturated heterocycles. The lowest BCUT2D eigenvalue weighted by Gasteiger charge is -2.15. The van der Waals surface area contributed by atoms with Crippen molar-refractivity contribution < 1.29 is 14.3 Å². The minimum atomic E-state index is -0.380. The zero-order valence-electron chi connectivity index (χ0n) is 18.9. The molecule has 3 rings (SSSR count). The number of hydrogen-bond acceptors (Lipinski definition) is 4. The number of carbonyl (C=O) groups is 2. The summed E-state index contributed by atoms with van der Waals surface area (Å²) in [5.74, 6) is 0.262. The predicted molar refractivity (Wildman–Crippen MR) is 142 cm³/mol. The maximum atomic E-state index is 12.8. The second kappa shape index (κ2) is 12.3. The number of nitrogens with one attached hydrogen (secondary N) is 3. The van der Waals surface area contributed by atoms with Gasteiger partial charge in [-0.25, -0.2) is 0 Å². The van der Waals surface area contributed by atoms with Crippen molar-refractivity contribution in [3.05, 3.63) is 94.0 Å². The molecule has 0 aliphatic carbocycles.